The van der Waals surface area contributed by atoms with Crippen molar-refractivity contribution >= 4 is 27.7 Å². The molecule has 1 atom stereocenters. The molecule has 1 unspecified atom stereocenters. The number of sulfonamides is 1. The van der Waals surface area contributed by atoms with Crippen molar-refractivity contribution in [1.29, 1.82) is 0 Å². The summed E-state index contributed by atoms with van der Waals surface area (Å²) in [6, 6.07) is 16.9. The van der Waals surface area contributed by atoms with Gasteiger partial charge in [-0.25, -0.2) is 13.6 Å². The molecule has 1 aromatic heterocycles. The monoisotopic (exact) mass is 421 g/mol. The Morgan fingerprint density at radius 2 is 1.77 bits per heavy atom. The van der Waals surface area contributed by atoms with Crippen molar-refractivity contribution < 1.29 is 22.4 Å². The summed E-state index contributed by atoms with van der Waals surface area (Å²) in [5, 5.41) is 5.11. The molecule has 1 fully saturated rings. The van der Waals surface area contributed by atoms with E-state index in [0.29, 0.717) is 17.1 Å². The van der Waals surface area contributed by atoms with Crippen molar-refractivity contribution in [3.05, 3.63) is 83.1 Å². The van der Waals surface area contributed by atoms with Gasteiger partial charge in [-0.15, -0.1) is 0 Å². The fourth-order valence-corrected chi connectivity index (χ4v) is 4.07. The van der Waals surface area contributed by atoms with Crippen molar-refractivity contribution in [3.8, 4) is 11.3 Å². The Bertz CT molecular complexity index is 1280. The Hall–Kier alpha value is -3.29. The molecular formula is C23H19NO5S. The van der Waals surface area contributed by atoms with E-state index in [0.717, 1.165) is 11.1 Å². The molecule has 2 N–H and O–H groups in total. The Balaban J connectivity index is 1.59. The van der Waals surface area contributed by atoms with Gasteiger partial charge in [0.1, 0.15) is 11.5 Å². The number of allylic oxidation sites excluding steroid dienone is 1. The number of nitrogens with two attached hydrogens (primary N) is 1. The van der Waals surface area contributed by atoms with Crippen LogP contribution in [-0.4, -0.2) is 20.0 Å². The molecule has 7 heteroatoms. The van der Waals surface area contributed by atoms with Gasteiger partial charge >= 0.3 is 0 Å². The van der Waals surface area contributed by atoms with Gasteiger partial charge in [0.2, 0.25) is 10.0 Å². The highest BCUT2D eigenvalue weighted by molar-refractivity contribution is 7.89. The molecule has 2 aromatic carbocycles. The summed E-state index contributed by atoms with van der Waals surface area (Å²) in [6.45, 7) is 1.95. The smallest absolute Gasteiger partial charge is 0.238 e. The van der Waals surface area contributed by atoms with E-state index in [4.69, 9.17) is 9.56 Å². The molecule has 3 aromatic rings. The summed E-state index contributed by atoms with van der Waals surface area (Å²) < 4.78 is 28.5. The van der Waals surface area contributed by atoms with Crippen molar-refractivity contribution in [3.63, 3.8) is 0 Å². The average molecular weight is 421 g/mol. The number of carbonyl (C=O) groups is 2. The lowest BCUT2D eigenvalue weighted by Gasteiger charge is -2.07. The SMILES string of the molecule is Cc1cccc(C2CC(=O)/C(=C/c3ccc(-c4ccc(S(N)(=O)=O)cc4)o3)C2=O)c1. The first-order valence-corrected chi connectivity index (χ1v) is 10.9. The summed E-state index contributed by atoms with van der Waals surface area (Å²) in [7, 11) is -3.77. The molecule has 0 spiro atoms. The molecule has 1 aliphatic carbocycles. The highest BCUT2D eigenvalue weighted by atomic mass is 32.2. The van der Waals surface area contributed by atoms with E-state index in [1.165, 1.54) is 18.2 Å². The van der Waals surface area contributed by atoms with Gasteiger partial charge in [0, 0.05) is 12.0 Å². The van der Waals surface area contributed by atoms with E-state index in [-0.39, 0.29) is 28.5 Å². The number of hydrogen-bond donors (Lipinski definition) is 1. The van der Waals surface area contributed by atoms with Gasteiger partial charge < -0.3 is 4.42 Å². The van der Waals surface area contributed by atoms with Crippen LogP contribution >= 0.6 is 0 Å². The number of benzene rings is 2. The summed E-state index contributed by atoms with van der Waals surface area (Å²) in [4.78, 5) is 25.3. The highest BCUT2D eigenvalue weighted by Crippen LogP contribution is 2.34. The summed E-state index contributed by atoms with van der Waals surface area (Å²) in [6.07, 6.45) is 1.62. The van der Waals surface area contributed by atoms with Crippen molar-refractivity contribution in [2.24, 2.45) is 5.14 Å². The van der Waals surface area contributed by atoms with Crippen molar-refractivity contribution in [2.45, 2.75) is 24.2 Å². The van der Waals surface area contributed by atoms with E-state index in [9.17, 15) is 18.0 Å². The van der Waals surface area contributed by atoms with Crippen LogP contribution in [0.2, 0.25) is 0 Å². The third-order valence-corrected chi connectivity index (χ3v) is 6.03. The van der Waals surface area contributed by atoms with Crippen molar-refractivity contribution in [1.82, 2.24) is 0 Å². The highest BCUT2D eigenvalue weighted by Gasteiger charge is 2.37. The van der Waals surface area contributed by atoms with Crippen LogP contribution in [0.1, 0.15) is 29.2 Å². The minimum atomic E-state index is -3.77. The average Bonchev–Trinajstić information content (AvgIpc) is 3.28. The van der Waals surface area contributed by atoms with Crippen molar-refractivity contribution in [2.75, 3.05) is 0 Å². The van der Waals surface area contributed by atoms with Crippen LogP contribution in [0.3, 0.4) is 0 Å². The zero-order valence-electron chi connectivity index (χ0n) is 16.2. The standard InChI is InChI=1S/C23H19NO5S/c1-14-3-2-4-16(11-14)19-13-21(25)20(23(19)26)12-17-7-10-22(29-17)15-5-8-18(9-6-15)30(24,27)28/h2-12,19H,13H2,1H3,(H2,24,27,28)/b20-12-. The second-order valence-corrected chi connectivity index (χ2v) is 8.85. The third kappa shape index (κ3) is 3.90. The maximum atomic E-state index is 12.8. The molecule has 0 aliphatic heterocycles. The lowest BCUT2D eigenvalue weighted by molar-refractivity contribution is -0.116. The molecule has 4 rings (SSSR count). The van der Waals surface area contributed by atoms with Crippen LogP contribution in [0.15, 0.2) is 75.5 Å². The summed E-state index contributed by atoms with van der Waals surface area (Å²) in [5.41, 5.74) is 2.65. The van der Waals surface area contributed by atoms with Gasteiger partial charge in [0.25, 0.3) is 0 Å². The predicted molar refractivity (Wildman–Crippen MR) is 112 cm³/mol. The van der Waals surface area contributed by atoms with E-state index < -0.39 is 15.9 Å². The third-order valence-electron chi connectivity index (χ3n) is 5.10. The van der Waals surface area contributed by atoms with Gasteiger partial charge in [0.15, 0.2) is 11.6 Å². The maximum absolute atomic E-state index is 12.8. The molecule has 0 saturated heterocycles. The quantitative estimate of drug-likeness (QED) is 0.511. The normalized spacial score (nSPS) is 18.3. The number of carbonyl (C=O) groups excluding carboxylic acids is 2. The first-order valence-electron chi connectivity index (χ1n) is 9.31. The number of Topliss-reactive ketones (excluding diaryl/α,β-unsaturated/α-hetero) is 2. The molecule has 30 heavy (non-hydrogen) atoms. The molecule has 0 amide bonds. The first kappa shape index (κ1) is 20.0. The fourth-order valence-electron chi connectivity index (χ4n) is 3.56. The molecule has 1 aliphatic rings. The lowest BCUT2D eigenvalue weighted by atomic mass is 9.95. The number of aryl methyl sites for hydroxylation is 1. The predicted octanol–water partition coefficient (Wildman–Crippen LogP) is 3.61. The Kier molecular flexibility index (Phi) is 5.01. The first-order chi connectivity index (χ1) is 14.2. The topological polar surface area (TPSA) is 107 Å². The summed E-state index contributed by atoms with van der Waals surface area (Å²) >= 11 is 0. The van der Waals surface area contributed by atoms with E-state index in [1.807, 2.05) is 31.2 Å². The van der Waals surface area contributed by atoms with Gasteiger partial charge in [-0.1, -0.05) is 29.8 Å². The van der Waals surface area contributed by atoms with Crippen LogP contribution in [0.5, 0.6) is 0 Å². The second kappa shape index (κ2) is 7.51. The number of furan rings is 1. The van der Waals surface area contributed by atoms with E-state index in [1.54, 1.807) is 24.3 Å². The molecule has 6 nitrogen and oxygen atoms in total. The lowest BCUT2D eigenvalue weighted by Crippen LogP contribution is -2.11. The van der Waals surface area contributed by atoms with Gasteiger partial charge in [-0.3, -0.25) is 9.59 Å². The minimum Gasteiger partial charge on any atom is -0.457 e. The largest absolute Gasteiger partial charge is 0.457 e. The Morgan fingerprint density at radius 3 is 2.43 bits per heavy atom. The number of ketones is 2. The fraction of sp³-hybridized carbons (Fsp3) is 0.130. The van der Waals surface area contributed by atoms with Crippen LogP contribution in [0.25, 0.3) is 17.4 Å². The molecule has 1 saturated carbocycles. The van der Waals surface area contributed by atoms with Crippen LogP contribution in [0, 0.1) is 6.92 Å². The van der Waals surface area contributed by atoms with Gasteiger partial charge in [-0.05, 0) is 55.0 Å². The molecule has 0 radical (unpaired) electrons. The number of primary sulfonamides is 1. The number of hydrogen-bond acceptors (Lipinski definition) is 5. The van der Waals surface area contributed by atoms with Gasteiger partial charge in [0.05, 0.1) is 16.4 Å². The second-order valence-electron chi connectivity index (χ2n) is 7.29. The summed E-state index contributed by atoms with van der Waals surface area (Å²) in [5.74, 6) is -0.0232. The number of rotatable bonds is 4. The zero-order valence-corrected chi connectivity index (χ0v) is 17.0. The minimum absolute atomic E-state index is 0.00415. The maximum Gasteiger partial charge on any atom is 0.238 e. The zero-order chi connectivity index (χ0) is 21.5. The Labute approximate surface area is 174 Å². The van der Waals surface area contributed by atoms with Gasteiger partial charge in [-0.2, -0.15) is 0 Å². The van der Waals surface area contributed by atoms with Crippen LogP contribution < -0.4 is 5.14 Å². The van der Waals surface area contributed by atoms with E-state index >= 15 is 0 Å². The molecule has 1 heterocycles. The van der Waals surface area contributed by atoms with Crippen LogP contribution in [0.4, 0.5) is 0 Å². The van der Waals surface area contributed by atoms with E-state index in [2.05, 4.69) is 0 Å². The molecular weight excluding hydrogens is 402 g/mol. The molecule has 0 bridgehead atoms. The van der Waals surface area contributed by atoms with Crippen LogP contribution in [-0.2, 0) is 19.6 Å². The Morgan fingerprint density at radius 1 is 1.03 bits per heavy atom. The molecule has 152 valence electrons.